The van der Waals surface area contributed by atoms with Gasteiger partial charge < -0.3 is 24.2 Å². The summed E-state index contributed by atoms with van der Waals surface area (Å²) in [5.41, 5.74) is 2.37. The van der Waals surface area contributed by atoms with Crippen molar-refractivity contribution in [3.63, 3.8) is 0 Å². The fourth-order valence-corrected chi connectivity index (χ4v) is 5.56. The summed E-state index contributed by atoms with van der Waals surface area (Å²) in [5.74, 6) is 0.829. The number of rotatable bonds is 7. The Morgan fingerprint density at radius 2 is 1.95 bits per heavy atom. The van der Waals surface area contributed by atoms with E-state index in [1.54, 1.807) is 4.90 Å². The molecule has 9 nitrogen and oxygen atoms in total. The molecule has 0 radical (unpaired) electrons. The quantitative estimate of drug-likeness (QED) is 0.232. The highest BCUT2D eigenvalue weighted by Gasteiger charge is 2.38. The zero-order valence-electron chi connectivity index (χ0n) is 22.5. The van der Waals surface area contributed by atoms with Gasteiger partial charge in [-0.25, -0.2) is 19.7 Å². The van der Waals surface area contributed by atoms with Crippen LogP contribution in [0.4, 0.5) is 10.6 Å². The van der Waals surface area contributed by atoms with Crippen molar-refractivity contribution in [3.05, 3.63) is 35.9 Å². The summed E-state index contributed by atoms with van der Waals surface area (Å²) in [6.07, 6.45) is 2.44. The largest absolute Gasteiger partial charge is 0.465 e. The van der Waals surface area contributed by atoms with Crippen LogP contribution in [0.15, 0.2) is 30.7 Å². The summed E-state index contributed by atoms with van der Waals surface area (Å²) >= 11 is 6.39. The molecule has 1 N–H and O–H groups in total. The molecule has 1 fully saturated rings. The highest BCUT2D eigenvalue weighted by molar-refractivity contribution is 6.76. The first-order valence-electron chi connectivity index (χ1n) is 12.6. The van der Waals surface area contributed by atoms with E-state index in [1.165, 1.54) is 6.33 Å². The number of halogens is 1. The lowest BCUT2D eigenvalue weighted by Crippen LogP contribution is -2.59. The Labute approximate surface area is 224 Å². The van der Waals surface area contributed by atoms with Gasteiger partial charge in [-0.1, -0.05) is 52.0 Å². The molecule has 4 rings (SSSR count). The Morgan fingerprint density at radius 1 is 1.19 bits per heavy atom. The maximum Gasteiger partial charge on any atom is 0.407 e. The highest BCUT2D eigenvalue weighted by Crippen LogP contribution is 2.32. The lowest BCUT2D eigenvalue weighted by atomic mass is 9.84. The van der Waals surface area contributed by atoms with Crippen LogP contribution in [0.1, 0.15) is 20.8 Å². The predicted molar refractivity (Wildman–Crippen MR) is 150 cm³/mol. The summed E-state index contributed by atoms with van der Waals surface area (Å²) in [6, 6.07) is 6.96. The molecule has 1 amide bonds. The van der Waals surface area contributed by atoms with Gasteiger partial charge in [0.2, 0.25) is 0 Å². The molecule has 37 heavy (non-hydrogen) atoms. The van der Waals surface area contributed by atoms with Gasteiger partial charge in [-0.3, -0.25) is 0 Å². The molecule has 0 spiro atoms. The topological polar surface area (TPSA) is 96.6 Å². The van der Waals surface area contributed by atoms with Crippen molar-refractivity contribution in [1.29, 1.82) is 0 Å². The number of nitrogens with zero attached hydrogens (tertiary/aromatic N) is 6. The normalized spacial score (nSPS) is 17.0. The number of ether oxygens (including phenoxy) is 1. The van der Waals surface area contributed by atoms with Crippen molar-refractivity contribution >= 4 is 42.6 Å². The van der Waals surface area contributed by atoms with E-state index in [0.717, 1.165) is 34.2 Å². The molecule has 1 aliphatic heterocycles. The number of amides is 1. The number of carboxylic acid groups (broad SMARTS) is 1. The van der Waals surface area contributed by atoms with Gasteiger partial charge in [0.05, 0.1) is 17.1 Å². The second kappa shape index (κ2) is 10.6. The zero-order valence-corrected chi connectivity index (χ0v) is 24.3. The average Bonchev–Trinajstić information content (AvgIpc) is 3.20. The first kappa shape index (κ1) is 27.3. The van der Waals surface area contributed by atoms with Crippen molar-refractivity contribution in [2.75, 3.05) is 31.1 Å². The Kier molecular flexibility index (Phi) is 7.82. The first-order chi connectivity index (χ1) is 17.3. The van der Waals surface area contributed by atoms with E-state index in [1.807, 2.05) is 29.0 Å². The number of pyridine rings is 1. The summed E-state index contributed by atoms with van der Waals surface area (Å²) < 4.78 is 8.09. The number of hydrogen-bond donors (Lipinski definition) is 1. The van der Waals surface area contributed by atoms with Crippen LogP contribution in [0, 0.1) is 5.41 Å². The molecule has 0 bridgehead atoms. The van der Waals surface area contributed by atoms with Crippen molar-refractivity contribution in [3.8, 4) is 11.3 Å². The van der Waals surface area contributed by atoms with Gasteiger partial charge >= 0.3 is 6.09 Å². The van der Waals surface area contributed by atoms with Gasteiger partial charge in [0.15, 0.2) is 0 Å². The fourth-order valence-electron chi connectivity index (χ4n) is 4.62. The van der Waals surface area contributed by atoms with Gasteiger partial charge in [0, 0.05) is 46.1 Å². The van der Waals surface area contributed by atoms with Crippen LogP contribution in [0.25, 0.3) is 22.3 Å². The van der Waals surface area contributed by atoms with E-state index >= 15 is 0 Å². The molecular weight excluding hydrogens is 508 g/mol. The molecule has 0 saturated carbocycles. The van der Waals surface area contributed by atoms with E-state index in [9.17, 15) is 9.90 Å². The van der Waals surface area contributed by atoms with Gasteiger partial charge in [-0.15, -0.1) is 0 Å². The number of piperazine rings is 1. The molecule has 200 valence electrons. The van der Waals surface area contributed by atoms with E-state index < -0.39 is 14.2 Å². The molecule has 1 atom stereocenters. The van der Waals surface area contributed by atoms with E-state index in [4.69, 9.17) is 21.3 Å². The summed E-state index contributed by atoms with van der Waals surface area (Å²) in [7, 11) is -1.20. The molecular formula is C26H37ClN6O3Si. The molecule has 4 heterocycles. The number of hydrogen-bond acceptors (Lipinski definition) is 6. The van der Waals surface area contributed by atoms with Crippen molar-refractivity contribution < 1.29 is 14.6 Å². The van der Waals surface area contributed by atoms with Crippen LogP contribution < -0.4 is 4.90 Å². The molecule has 11 heteroatoms. The Bertz CT molecular complexity index is 1250. The Hall–Kier alpha value is -2.69. The van der Waals surface area contributed by atoms with Crippen LogP contribution in [0.5, 0.6) is 0 Å². The maximum absolute atomic E-state index is 11.8. The fraction of sp³-hybridized carbons (Fsp3) is 0.538. The van der Waals surface area contributed by atoms with Crippen LogP contribution in [0.2, 0.25) is 30.8 Å². The van der Waals surface area contributed by atoms with Crippen molar-refractivity contribution in [2.24, 2.45) is 5.41 Å². The van der Waals surface area contributed by atoms with Gasteiger partial charge in [0.1, 0.15) is 29.7 Å². The van der Waals surface area contributed by atoms with Crippen LogP contribution in [0.3, 0.4) is 0 Å². The molecule has 0 aliphatic carbocycles. The second-order valence-electron chi connectivity index (χ2n) is 11.9. The third-order valence-electron chi connectivity index (χ3n) is 6.85. The summed E-state index contributed by atoms with van der Waals surface area (Å²) in [4.78, 5) is 28.9. The van der Waals surface area contributed by atoms with Crippen LogP contribution in [-0.4, -0.2) is 76.0 Å². The molecule has 1 aliphatic rings. The minimum absolute atomic E-state index is 0.128. The number of aromatic nitrogens is 4. The van der Waals surface area contributed by atoms with E-state index in [0.29, 0.717) is 38.1 Å². The lowest BCUT2D eigenvalue weighted by Gasteiger charge is -2.46. The molecule has 3 aromatic heterocycles. The standard InChI is InChI=1S/C26H37ClN6O3Si/c1-26(2,3)21-15-31(9-10-32(21)25(34)35)22-8-7-18(14-28-22)20-13-19-23(27)29-16-30-24(19)33(20)17-36-11-12-37(4,5)6/h7-8,13-14,16,21H,9-12,15,17H2,1-6H3,(H,34,35). The van der Waals surface area contributed by atoms with Gasteiger partial charge in [-0.2, -0.15) is 0 Å². The predicted octanol–water partition coefficient (Wildman–Crippen LogP) is 5.67. The van der Waals surface area contributed by atoms with Crippen molar-refractivity contribution in [2.45, 2.75) is 59.2 Å². The lowest BCUT2D eigenvalue weighted by molar-refractivity contribution is 0.0747. The minimum atomic E-state index is -1.20. The Balaban J connectivity index is 1.59. The second-order valence-corrected chi connectivity index (χ2v) is 17.9. The van der Waals surface area contributed by atoms with E-state index in [2.05, 4.69) is 55.3 Å². The van der Waals surface area contributed by atoms with E-state index in [-0.39, 0.29) is 11.5 Å². The summed E-state index contributed by atoms with van der Waals surface area (Å²) in [5, 5.41) is 10.9. The first-order valence-corrected chi connectivity index (χ1v) is 16.7. The Morgan fingerprint density at radius 3 is 2.57 bits per heavy atom. The van der Waals surface area contributed by atoms with Gasteiger partial charge in [0.25, 0.3) is 0 Å². The van der Waals surface area contributed by atoms with Crippen molar-refractivity contribution in [1.82, 2.24) is 24.4 Å². The molecule has 0 aromatic carbocycles. The van der Waals surface area contributed by atoms with Crippen LogP contribution >= 0.6 is 11.6 Å². The minimum Gasteiger partial charge on any atom is -0.465 e. The number of carbonyl (C=O) groups is 1. The average molecular weight is 545 g/mol. The number of anilines is 1. The smallest absolute Gasteiger partial charge is 0.407 e. The highest BCUT2D eigenvalue weighted by atomic mass is 35.5. The molecule has 3 aromatic rings. The van der Waals surface area contributed by atoms with Crippen LogP contribution in [-0.2, 0) is 11.5 Å². The third kappa shape index (κ3) is 6.24. The molecule has 1 unspecified atom stereocenters. The monoisotopic (exact) mass is 544 g/mol. The zero-order chi connectivity index (χ0) is 27.0. The maximum atomic E-state index is 11.8. The number of fused-ring (bicyclic) bond motifs is 1. The SMILES string of the molecule is CC(C)(C)C1CN(c2ccc(-c3cc4c(Cl)ncnc4n3COCC[Si](C)(C)C)cn2)CCN1C(=O)O. The third-order valence-corrected chi connectivity index (χ3v) is 8.86. The summed E-state index contributed by atoms with van der Waals surface area (Å²) in [6.45, 7) is 15.9. The van der Waals surface area contributed by atoms with Gasteiger partial charge in [-0.05, 0) is 29.7 Å². The molecule has 1 saturated heterocycles.